The first-order valence-corrected chi connectivity index (χ1v) is 6.23. The van der Waals surface area contributed by atoms with Crippen molar-refractivity contribution in [2.45, 2.75) is 38.1 Å². The van der Waals surface area contributed by atoms with Gasteiger partial charge < -0.3 is 5.11 Å². The third kappa shape index (κ3) is 2.88. The second kappa shape index (κ2) is 5.35. The Bertz CT molecular complexity index is 302. The SMILES string of the molecule is O=C(NN1CCCCC1)C1CCCN1C(=O)O. The molecular formula is C11H19N3O3. The molecule has 2 saturated heterocycles. The quantitative estimate of drug-likeness (QED) is 0.744. The molecule has 6 nitrogen and oxygen atoms in total. The lowest BCUT2D eigenvalue weighted by Crippen LogP contribution is -2.52. The van der Waals surface area contributed by atoms with E-state index in [1.54, 1.807) is 0 Å². The van der Waals surface area contributed by atoms with Gasteiger partial charge in [0.1, 0.15) is 6.04 Å². The fraction of sp³-hybridized carbons (Fsp3) is 0.818. The van der Waals surface area contributed by atoms with Crippen LogP contribution in [0.15, 0.2) is 0 Å². The molecule has 96 valence electrons. The van der Waals surface area contributed by atoms with Gasteiger partial charge in [0.25, 0.3) is 5.91 Å². The predicted molar refractivity (Wildman–Crippen MR) is 61.3 cm³/mol. The first-order valence-electron chi connectivity index (χ1n) is 6.23. The Balaban J connectivity index is 1.88. The smallest absolute Gasteiger partial charge is 0.407 e. The van der Waals surface area contributed by atoms with Crippen molar-refractivity contribution in [1.29, 1.82) is 0 Å². The number of carbonyl (C=O) groups is 2. The molecule has 0 aliphatic carbocycles. The summed E-state index contributed by atoms with van der Waals surface area (Å²) in [4.78, 5) is 24.1. The summed E-state index contributed by atoms with van der Waals surface area (Å²) in [6.45, 7) is 2.20. The van der Waals surface area contributed by atoms with Crippen LogP contribution in [-0.2, 0) is 4.79 Å². The molecule has 1 atom stereocenters. The molecule has 2 rings (SSSR count). The maximum atomic E-state index is 12.0. The lowest BCUT2D eigenvalue weighted by Gasteiger charge is -2.29. The first kappa shape index (κ1) is 12.2. The minimum Gasteiger partial charge on any atom is -0.465 e. The van der Waals surface area contributed by atoms with Crippen molar-refractivity contribution in [3.8, 4) is 0 Å². The van der Waals surface area contributed by atoms with Gasteiger partial charge in [0.15, 0.2) is 0 Å². The molecule has 2 N–H and O–H groups in total. The standard InChI is InChI=1S/C11H19N3O3/c15-10(12-13-6-2-1-3-7-13)9-5-4-8-14(9)11(16)17/h9H,1-8H2,(H,12,15)(H,16,17). The van der Waals surface area contributed by atoms with Crippen molar-refractivity contribution in [3.63, 3.8) is 0 Å². The lowest BCUT2D eigenvalue weighted by molar-refractivity contribution is -0.130. The van der Waals surface area contributed by atoms with Crippen LogP contribution in [0.2, 0.25) is 0 Å². The fourth-order valence-electron chi connectivity index (χ4n) is 2.50. The van der Waals surface area contributed by atoms with E-state index in [0.29, 0.717) is 13.0 Å². The van der Waals surface area contributed by atoms with Crippen LogP contribution < -0.4 is 5.43 Å². The lowest BCUT2D eigenvalue weighted by atomic mass is 10.1. The van der Waals surface area contributed by atoms with Gasteiger partial charge in [0.2, 0.25) is 0 Å². The number of amides is 2. The van der Waals surface area contributed by atoms with Gasteiger partial charge in [0, 0.05) is 19.6 Å². The topological polar surface area (TPSA) is 72.9 Å². The Hall–Kier alpha value is -1.30. The first-order chi connectivity index (χ1) is 8.18. The van der Waals surface area contributed by atoms with Gasteiger partial charge in [-0.3, -0.25) is 15.1 Å². The molecule has 6 heteroatoms. The van der Waals surface area contributed by atoms with Gasteiger partial charge in [-0.1, -0.05) is 6.42 Å². The van der Waals surface area contributed by atoms with E-state index in [-0.39, 0.29) is 5.91 Å². The molecule has 0 saturated carbocycles. The zero-order chi connectivity index (χ0) is 12.3. The second-order valence-corrected chi connectivity index (χ2v) is 4.66. The highest BCUT2D eigenvalue weighted by Crippen LogP contribution is 2.17. The molecule has 0 aromatic carbocycles. The second-order valence-electron chi connectivity index (χ2n) is 4.66. The number of nitrogens with zero attached hydrogens (tertiary/aromatic N) is 2. The number of carboxylic acid groups (broad SMARTS) is 1. The minimum absolute atomic E-state index is 0.174. The average Bonchev–Trinajstić information content (AvgIpc) is 2.79. The van der Waals surface area contributed by atoms with Crippen LogP contribution >= 0.6 is 0 Å². The van der Waals surface area contributed by atoms with E-state index in [9.17, 15) is 9.59 Å². The predicted octanol–water partition coefficient (Wildman–Crippen LogP) is 0.646. The summed E-state index contributed by atoms with van der Waals surface area (Å²) in [6, 6.07) is -0.505. The van der Waals surface area contributed by atoms with E-state index < -0.39 is 12.1 Å². The molecule has 2 aliphatic rings. The third-order valence-electron chi connectivity index (χ3n) is 3.43. The van der Waals surface area contributed by atoms with E-state index in [2.05, 4.69) is 5.43 Å². The molecular weight excluding hydrogens is 222 g/mol. The molecule has 2 aliphatic heterocycles. The van der Waals surface area contributed by atoms with E-state index in [4.69, 9.17) is 5.11 Å². The van der Waals surface area contributed by atoms with Crippen LogP contribution in [0.3, 0.4) is 0 Å². The largest absolute Gasteiger partial charge is 0.465 e. The Morgan fingerprint density at radius 1 is 1.06 bits per heavy atom. The van der Waals surface area contributed by atoms with Gasteiger partial charge in [-0.15, -0.1) is 0 Å². The number of hydrazine groups is 1. The average molecular weight is 241 g/mol. The Morgan fingerprint density at radius 3 is 2.41 bits per heavy atom. The van der Waals surface area contributed by atoms with E-state index in [0.717, 1.165) is 32.4 Å². The summed E-state index contributed by atoms with van der Waals surface area (Å²) in [7, 11) is 0. The van der Waals surface area contributed by atoms with E-state index in [1.807, 2.05) is 5.01 Å². The molecule has 2 fully saturated rings. The normalized spacial score (nSPS) is 25.9. The Kier molecular flexibility index (Phi) is 3.83. The number of hydrogen-bond acceptors (Lipinski definition) is 3. The summed E-state index contributed by atoms with van der Waals surface area (Å²) < 4.78 is 0. The maximum absolute atomic E-state index is 12.0. The Morgan fingerprint density at radius 2 is 1.76 bits per heavy atom. The summed E-state index contributed by atoms with van der Waals surface area (Å²) in [5.41, 5.74) is 2.84. The number of rotatable bonds is 2. The number of piperidine rings is 1. The Labute approximate surface area is 101 Å². The number of nitrogens with one attached hydrogen (secondary N) is 1. The van der Waals surface area contributed by atoms with Crippen LogP contribution in [0.25, 0.3) is 0 Å². The van der Waals surface area contributed by atoms with Crippen molar-refractivity contribution in [1.82, 2.24) is 15.3 Å². The molecule has 0 spiro atoms. The van der Waals surface area contributed by atoms with Crippen LogP contribution in [0, 0.1) is 0 Å². The molecule has 17 heavy (non-hydrogen) atoms. The minimum atomic E-state index is -0.999. The summed E-state index contributed by atoms with van der Waals surface area (Å²) in [6.07, 6.45) is 3.79. The van der Waals surface area contributed by atoms with Gasteiger partial charge in [-0.05, 0) is 25.7 Å². The van der Waals surface area contributed by atoms with E-state index >= 15 is 0 Å². The van der Waals surface area contributed by atoms with Crippen molar-refractivity contribution >= 4 is 12.0 Å². The van der Waals surface area contributed by atoms with Gasteiger partial charge >= 0.3 is 6.09 Å². The van der Waals surface area contributed by atoms with E-state index in [1.165, 1.54) is 11.3 Å². The summed E-state index contributed by atoms with van der Waals surface area (Å²) >= 11 is 0. The monoisotopic (exact) mass is 241 g/mol. The van der Waals surface area contributed by atoms with Gasteiger partial charge in [-0.2, -0.15) is 0 Å². The maximum Gasteiger partial charge on any atom is 0.407 e. The van der Waals surface area contributed by atoms with Crippen LogP contribution in [0.4, 0.5) is 4.79 Å². The fourth-order valence-corrected chi connectivity index (χ4v) is 2.50. The molecule has 0 aromatic heterocycles. The molecule has 1 unspecified atom stereocenters. The third-order valence-corrected chi connectivity index (χ3v) is 3.43. The molecule has 0 radical (unpaired) electrons. The van der Waals surface area contributed by atoms with Crippen LogP contribution in [-0.4, -0.2) is 52.7 Å². The number of hydrogen-bond donors (Lipinski definition) is 2. The summed E-state index contributed by atoms with van der Waals surface area (Å²) in [5.74, 6) is -0.174. The van der Waals surface area contributed by atoms with Gasteiger partial charge in [0.05, 0.1) is 0 Å². The van der Waals surface area contributed by atoms with Crippen LogP contribution in [0.5, 0.6) is 0 Å². The molecule has 0 aromatic rings. The zero-order valence-corrected chi connectivity index (χ0v) is 9.89. The highest BCUT2D eigenvalue weighted by Gasteiger charge is 2.34. The highest BCUT2D eigenvalue weighted by atomic mass is 16.4. The highest BCUT2D eigenvalue weighted by molar-refractivity contribution is 5.85. The molecule has 0 bridgehead atoms. The van der Waals surface area contributed by atoms with Crippen molar-refractivity contribution in [2.75, 3.05) is 19.6 Å². The molecule has 2 heterocycles. The number of likely N-dealkylation sites (tertiary alicyclic amines) is 1. The summed E-state index contributed by atoms with van der Waals surface area (Å²) in [5, 5.41) is 10.9. The van der Waals surface area contributed by atoms with Crippen LogP contribution in [0.1, 0.15) is 32.1 Å². The number of carbonyl (C=O) groups excluding carboxylic acids is 1. The molecule has 2 amide bonds. The van der Waals surface area contributed by atoms with Crippen molar-refractivity contribution in [3.05, 3.63) is 0 Å². The van der Waals surface area contributed by atoms with Gasteiger partial charge in [-0.25, -0.2) is 9.80 Å². The zero-order valence-electron chi connectivity index (χ0n) is 9.89. The van der Waals surface area contributed by atoms with Crippen molar-refractivity contribution < 1.29 is 14.7 Å². The van der Waals surface area contributed by atoms with Crippen molar-refractivity contribution in [2.24, 2.45) is 0 Å².